The van der Waals surface area contributed by atoms with Gasteiger partial charge < -0.3 is 39.7 Å². The molecule has 14 heteroatoms. The van der Waals surface area contributed by atoms with Crippen molar-refractivity contribution >= 4 is 19.5 Å². The van der Waals surface area contributed by atoms with E-state index < -0.39 is 57.1 Å². The molecular formula is C25H46NO12P. The van der Waals surface area contributed by atoms with E-state index in [4.69, 9.17) is 14.0 Å². The summed E-state index contributed by atoms with van der Waals surface area (Å²) in [5, 5.41) is 38.8. The van der Waals surface area contributed by atoms with Crippen molar-refractivity contribution < 1.29 is 58.0 Å². The molecule has 2 heterocycles. The molecule has 2 saturated heterocycles. The topological polar surface area (TPSA) is 193 Å². The number of amides is 1. The summed E-state index contributed by atoms with van der Waals surface area (Å²) in [6.07, 6.45) is 1.23. The molecular weight excluding hydrogens is 537 g/mol. The molecule has 6 unspecified atom stereocenters. The van der Waals surface area contributed by atoms with Gasteiger partial charge in [0.2, 0.25) is 5.91 Å². The second-order valence-corrected chi connectivity index (χ2v) is 11.9. The van der Waals surface area contributed by atoms with E-state index in [1.165, 1.54) is 4.90 Å². The van der Waals surface area contributed by atoms with Crippen LogP contribution in [0.3, 0.4) is 0 Å². The monoisotopic (exact) mass is 583 g/mol. The molecule has 5 N–H and O–H groups in total. The first kappa shape index (κ1) is 34.2. The molecule has 0 aromatic carbocycles. The molecule has 0 aromatic rings. The number of carbonyl (C=O) groups excluding carboxylic acids is 2. The Balaban J connectivity index is 1.52. The number of rotatable bonds is 18. The van der Waals surface area contributed by atoms with Crippen LogP contribution >= 0.6 is 7.82 Å². The molecule has 228 valence electrons. The molecule has 0 aliphatic carbocycles. The Morgan fingerprint density at radius 3 is 2.23 bits per heavy atom. The largest absolute Gasteiger partial charge is 0.472 e. The molecule has 2 aliphatic rings. The number of ketones is 1. The van der Waals surface area contributed by atoms with Gasteiger partial charge in [-0.3, -0.25) is 18.6 Å². The summed E-state index contributed by atoms with van der Waals surface area (Å²) in [7, 11) is -3.10. The standard InChI is InChI=1S/C25H46NO12P/c1-17-23(31)24(32)21(16-28)37-25(17)36-12-8-7-10-19(29)9-5-3-4-6-11-22(30)26-14-20(13-18(26)15-27)38-39(33,34)35-2/h17-18,20-21,23-25,27-28,31-32H,3-16H2,1-2H3,(H,33,34)/t17?,18-,20+,21?,23?,24?,25?/m0/s1. The lowest BCUT2D eigenvalue weighted by Crippen LogP contribution is -2.55. The first-order chi connectivity index (χ1) is 18.5. The van der Waals surface area contributed by atoms with Gasteiger partial charge in [0.1, 0.15) is 18.0 Å². The van der Waals surface area contributed by atoms with Gasteiger partial charge in [0, 0.05) is 45.4 Å². The van der Waals surface area contributed by atoms with E-state index in [1.54, 1.807) is 6.92 Å². The van der Waals surface area contributed by atoms with E-state index in [0.29, 0.717) is 38.7 Å². The van der Waals surface area contributed by atoms with Crippen molar-refractivity contribution in [1.82, 2.24) is 4.90 Å². The van der Waals surface area contributed by atoms with Crippen molar-refractivity contribution in [1.29, 1.82) is 0 Å². The van der Waals surface area contributed by atoms with Gasteiger partial charge in [0.25, 0.3) is 0 Å². The van der Waals surface area contributed by atoms with Gasteiger partial charge in [-0.15, -0.1) is 0 Å². The normalized spacial score (nSPS) is 30.8. The lowest BCUT2D eigenvalue weighted by atomic mass is 9.92. The first-order valence-corrected chi connectivity index (χ1v) is 15.3. The number of phosphoric acid groups is 1. The number of nitrogens with zero attached hydrogens (tertiary/aromatic N) is 1. The number of Topliss-reactive ketones (excluding diaryl/α,β-unsaturated/α-hetero) is 1. The van der Waals surface area contributed by atoms with Crippen LogP contribution in [0.15, 0.2) is 0 Å². The number of phosphoric ester groups is 1. The molecule has 2 fully saturated rings. The molecule has 0 spiro atoms. The minimum atomic E-state index is -4.17. The lowest BCUT2D eigenvalue weighted by Gasteiger charge is -2.40. The summed E-state index contributed by atoms with van der Waals surface area (Å²) in [4.78, 5) is 35.7. The molecule has 0 saturated carbocycles. The number of unbranched alkanes of at least 4 members (excludes halogenated alkanes) is 4. The van der Waals surface area contributed by atoms with Crippen molar-refractivity contribution in [2.75, 3.05) is 33.5 Å². The third kappa shape index (κ3) is 11.1. The maximum Gasteiger partial charge on any atom is 0.472 e. The Hall–Kier alpha value is -0.990. The number of hydrogen-bond acceptors (Lipinski definition) is 11. The van der Waals surface area contributed by atoms with Crippen molar-refractivity contribution in [3.63, 3.8) is 0 Å². The summed E-state index contributed by atoms with van der Waals surface area (Å²) in [5.74, 6) is -0.424. The summed E-state index contributed by atoms with van der Waals surface area (Å²) in [6.45, 7) is 1.49. The van der Waals surface area contributed by atoms with Crippen LogP contribution in [0.5, 0.6) is 0 Å². The van der Waals surface area contributed by atoms with Gasteiger partial charge in [-0.2, -0.15) is 0 Å². The zero-order valence-corrected chi connectivity index (χ0v) is 23.8. The summed E-state index contributed by atoms with van der Waals surface area (Å²) in [6, 6.07) is -0.460. The number of aliphatic hydroxyl groups is 4. The fourth-order valence-corrected chi connectivity index (χ4v) is 5.53. The molecule has 13 nitrogen and oxygen atoms in total. The zero-order chi connectivity index (χ0) is 29.0. The Kier molecular flexibility index (Phi) is 15.0. The second kappa shape index (κ2) is 17.1. The van der Waals surface area contributed by atoms with Crippen molar-refractivity contribution in [3.05, 3.63) is 0 Å². The van der Waals surface area contributed by atoms with E-state index >= 15 is 0 Å². The molecule has 2 aliphatic heterocycles. The minimum Gasteiger partial charge on any atom is -0.394 e. The van der Waals surface area contributed by atoms with Crippen LogP contribution in [-0.2, 0) is 32.7 Å². The van der Waals surface area contributed by atoms with Gasteiger partial charge in [0.15, 0.2) is 6.29 Å². The number of hydrogen-bond donors (Lipinski definition) is 5. The molecule has 0 bridgehead atoms. The van der Waals surface area contributed by atoms with E-state index in [9.17, 15) is 39.5 Å². The number of aliphatic hydroxyl groups excluding tert-OH is 4. The van der Waals surface area contributed by atoms with Crippen LogP contribution in [-0.4, -0.2) is 112 Å². The average molecular weight is 584 g/mol. The predicted molar refractivity (Wildman–Crippen MR) is 138 cm³/mol. The summed E-state index contributed by atoms with van der Waals surface area (Å²) < 4.78 is 32.3. The molecule has 1 amide bonds. The second-order valence-electron chi connectivity index (χ2n) is 10.3. The Labute approximate surface area is 230 Å². The Morgan fingerprint density at radius 2 is 1.62 bits per heavy atom. The van der Waals surface area contributed by atoms with E-state index in [1.807, 2.05) is 0 Å². The Morgan fingerprint density at radius 1 is 0.974 bits per heavy atom. The third-order valence-electron chi connectivity index (χ3n) is 7.34. The molecule has 39 heavy (non-hydrogen) atoms. The maximum absolute atomic E-state index is 12.6. The fraction of sp³-hybridized carbons (Fsp3) is 0.920. The number of carbonyl (C=O) groups is 2. The van der Waals surface area contributed by atoms with Crippen LogP contribution < -0.4 is 0 Å². The lowest BCUT2D eigenvalue weighted by molar-refractivity contribution is -0.282. The molecule has 0 radical (unpaired) electrons. The molecule has 0 aromatic heterocycles. The van der Waals surface area contributed by atoms with E-state index in [2.05, 4.69) is 4.52 Å². The van der Waals surface area contributed by atoms with E-state index in [0.717, 1.165) is 26.4 Å². The number of likely N-dealkylation sites (tertiary alicyclic amines) is 1. The van der Waals surface area contributed by atoms with Crippen LogP contribution in [0.4, 0.5) is 0 Å². The van der Waals surface area contributed by atoms with Crippen molar-refractivity contribution in [3.8, 4) is 0 Å². The Bertz CT molecular complexity index is 799. The van der Waals surface area contributed by atoms with Gasteiger partial charge in [-0.05, 0) is 32.1 Å². The highest BCUT2D eigenvalue weighted by atomic mass is 31.2. The molecule has 2 rings (SSSR count). The highest BCUT2D eigenvalue weighted by molar-refractivity contribution is 7.47. The number of ether oxygens (including phenoxy) is 2. The first-order valence-electron chi connectivity index (χ1n) is 13.8. The minimum absolute atomic E-state index is 0.123. The van der Waals surface area contributed by atoms with Crippen molar-refractivity contribution in [2.24, 2.45) is 5.92 Å². The average Bonchev–Trinajstić information content (AvgIpc) is 3.32. The van der Waals surface area contributed by atoms with Crippen LogP contribution in [0.1, 0.15) is 71.1 Å². The summed E-state index contributed by atoms with van der Waals surface area (Å²) in [5.41, 5.74) is 0. The quantitative estimate of drug-likeness (QED) is 0.113. The molecule has 8 atom stereocenters. The zero-order valence-electron chi connectivity index (χ0n) is 22.9. The van der Waals surface area contributed by atoms with Crippen LogP contribution in [0.2, 0.25) is 0 Å². The highest BCUT2D eigenvalue weighted by Gasteiger charge is 2.42. The third-order valence-corrected chi connectivity index (χ3v) is 8.36. The van der Waals surface area contributed by atoms with Crippen LogP contribution in [0.25, 0.3) is 0 Å². The van der Waals surface area contributed by atoms with Gasteiger partial charge in [-0.25, -0.2) is 4.57 Å². The predicted octanol–water partition coefficient (Wildman–Crippen LogP) is 0.883. The summed E-state index contributed by atoms with van der Waals surface area (Å²) >= 11 is 0. The van der Waals surface area contributed by atoms with E-state index in [-0.39, 0.29) is 37.7 Å². The maximum atomic E-state index is 12.6. The van der Waals surface area contributed by atoms with Gasteiger partial charge >= 0.3 is 7.82 Å². The highest BCUT2D eigenvalue weighted by Crippen LogP contribution is 2.45. The smallest absolute Gasteiger partial charge is 0.394 e. The van der Waals surface area contributed by atoms with Gasteiger partial charge in [-0.1, -0.05) is 19.8 Å². The van der Waals surface area contributed by atoms with Gasteiger partial charge in [0.05, 0.1) is 31.5 Å². The fourth-order valence-electron chi connectivity index (χ4n) is 4.92. The SMILES string of the molecule is COP(=O)(O)O[C@@H]1C[C@@H](CO)N(C(=O)CCCCCCC(=O)CCCCOC2OC(CO)C(O)C(O)C2C)C1. The van der Waals surface area contributed by atoms with Crippen LogP contribution in [0, 0.1) is 5.92 Å². The van der Waals surface area contributed by atoms with Crippen molar-refractivity contribution in [2.45, 2.75) is 108 Å².